The van der Waals surface area contributed by atoms with Crippen LogP contribution in [0.3, 0.4) is 0 Å². The molecule has 0 aliphatic carbocycles. The number of carboxylic acids is 1. The Morgan fingerprint density at radius 3 is 2.73 bits per heavy atom. The van der Waals surface area contributed by atoms with Gasteiger partial charge < -0.3 is 9.84 Å². The highest BCUT2D eigenvalue weighted by molar-refractivity contribution is 5.70. The van der Waals surface area contributed by atoms with Crippen molar-refractivity contribution in [3.05, 3.63) is 0 Å². The average molecular weight is 162 g/mol. The molecule has 1 N–H and O–H groups in total. The third kappa shape index (κ3) is 2.15. The average Bonchev–Trinajstić information content (AvgIpc) is 2.13. The SMILES string of the molecule is O=C(O)[C@@H]1CCOCC[C@H]1F. The molecule has 4 heteroatoms. The monoisotopic (exact) mass is 162 g/mol. The van der Waals surface area contributed by atoms with Gasteiger partial charge in [-0.05, 0) is 6.42 Å². The lowest BCUT2D eigenvalue weighted by atomic mass is 9.99. The molecule has 3 nitrogen and oxygen atoms in total. The van der Waals surface area contributed by atoms with Crippen molar-refractivity contribution in [3.63, 3.8) is 0 Å². The summed E-state index contributed by atoms with van der Waals surface area (Å²) in [6, 6.07) is 0. The van der Waals surface area contributed by atoms with Crippen molar-refractivity contribution in [2.75, 3.05) is 13.2 Å². The standard InChI is InChI=1S/C7H11FO3/c8-6-2-4-11-3-1-5(6)7(9)10/h5-6H,1-4H2,(H,9,10)/t5-,6-/m1/s1. The number of halogens is 1. The molecule has 0 spiro atoms. The zero-order chi connectivity index (χ0) is 8.27. The molecule has 0 unspecified atom stereocenters. The highest BCUT2D eigenvalue weighted by Gasteiger charge is 2.29. The molecule has 0 amide bonds. The molecule has 1 heterocycles. The van der Waals surface area contributed by atoms with Crippen molar-refractivity contribution in [2.45, 2.75) is 19.0 Å². The molecule has 0 aromatic heterocycles. The number of carbonyl (C=O) groups is 1. The van der Waals surface area contributed by atoms with Crippen LogP contribution in [0, 0.1) is 5.92 Å². The van der Waals surface area contributed by atoms with Gasteiger partial charge in [0.2, 0.25) is 0 Å². The maximum atomic E-state index is 12.9. The Morgan fingerprint density at radius 2 is 2.09 bits per heavy atom. The Labute approximate surface area is 64.2 Å². The maximum Gasteiger partial charge on any atom is 0.309 e. The molecular formula is C7H11FO3. The molecule has 0 bridgehead atoms. The van der Waals surface area contributed by atoms with Gasteiger partial charge in [0.05, 0.1) is 5.92 Å². The first-order chi connectivity index (χ1) is 5.22. The Kier molecular flexibility index (Phi) is 2.82. The summed E-state index contributed by atoms with van der Waals surface area (Å²) in [5.74, 6) is -1.92. The minimum atomic E-state index is -1.24. The van der Waals surface area contributed by atoms with Gasteiger partial charge in [0.15, 0.2) is 0 Å². The van der Waals surface area contributed by atoms with Crippen LogP contribution < -0.4 is 0 Å². The van der Waals surface area contributed by atoms with E-state index in [1.165, 1.54) is 0 Å². The van der Waals surface area contributed by atoms with Gasteiger partial charge in [-0.1, -0.05) is 0 Å². The molecule has 0 saturated carbocycles. The summed E-state index contributed by atoms with van der Waals surface area (Å²) < 4.78 is 17.8. The van der Waals surface area contributed by atoms with Gasteiger partial charge >= 0.3 is 5.97 Å². The highest BCUT2D eigenvalue weighted by Crippen LogP contribution is 2.19. The van der Waals surface area contributed by atoms with Crippen molar-refractivity contribution in [1.82, 2.24) is 0 Å². The van der Waals surface area contributed by atoms with E-state index in [2.05, 4.69) is 0 Å². The molecule has 11 heavy (non-hydrogen) atoms. The van der Waals surface area contributed by atoms with Crippen LogP contribution in [-0.2, 0) is 9.53 Å². The van der Waals surface area contributed by atoms with Gasteiger partial charge in [-0.25, -0.2) is 4.39 Å². The zero-order valence-corrected chi connectivity index (χ0v) is 6.12. The van der Waals surface area contributed by atoms with Gasteiger partial charge in [-0.15, -0.1) is 0 Å². The van der Waals surface area contributed by atoms with E-state index in [0.29, 0.717) is 13.2 Å². The molecular weight excluding hydrogens is 151 g/mol. The van der Waals surface area contributed by atoms with E-state index < -0.39 is 18.1 Å². The van der Waals surface area contributed by atoms with Crippen LogP contribution in [-0.4, -0.2) is 30.5 Å². The van der Waals surface area contributed by atoms with E-state index in [9.17, 15) is 9.18 Å². The second kappa shape index (κ2) is 3.67. The molecule has 64 valence electrons. The number of hydrogen-bond acceptors (Lipinski definition) is 2. The first-order valence-electron chi connectivity index (χ1n) is 3.66. The van der Waals surface area contributed by atoms with Gasteiger partial charge in [0.1, 0.15) is 6.17 Å². The lowest BCUT2D eigenvalue weighted by Crippen LogP contribution is -2.24. The van der Waals surface area contributed by atoms with Gasteiger partial charge in [-0.2, -0.15) is 0 Å². The van der Waals surface area contributed by atoms with Crippen molar-refractivity contribution in [3.8, 4) is 0 Å². The fraction of sp³-hybridized carbons (Fsp3) is 0.857. The van der Waals surface area contributed by atoms with Gasteiger partial charge in [-0.3, -0.25) is 4.79 Å². The fourth-order valence-electron chi connectivity index (χ4n) is 1.17. The van der Waals surface area contributed by atoms with Crippen molar-refractivity contribution < 1.29 is 19.0 Å². The summed E-state index contributed by atoms with van der Waals surface area (Å²) in [4.78, 5) is 10.4. The number of hydrogen-bond donors (Lipinski definition) is 1. The van der Waals surface area contributed by atoms with Crippen LogP contribution in [0.25, 0.3) is 0 Å². The first-order valence-corrected chi connectivity index (χ1v) is 3.66. The normalized spacial score (nSPS) is 32.8. The number of alkyl halides is 1. The smallest absolute Gasteiger partial charge is 0.309 e. The summed E-state index contributed by atoms with van der Waals surface area (Å²) in [5.41, 5.74) is 0. The van der Waals surface area contributed by atoms with Gasteiger partial charge in [0, 0.05) is 19.6 Å². The van der Waals surface area contributed by atoms with E-state index in [-0.39, 0.29) is 12.8 Å². The molecule has 1 aliphatic rings. The number of aliphatic carboxylic acids is 1. The van der Waals surface area contributed by atoms with Gasteiger partial charge in [0.25, 0.3) is 0 Å². The molecule has 0 radical (unpaired) electrons. The molecule has 2 atom stereocenters. The second-order valence-corrected chi connectivity index (χ2v) is 2.65. The first kappa shape index (κ1) is 8.46. The highest BCUT2D eigenvalue weighted by atomic mass is 19.1. The van der Waals surface area contributed by atoms with Crippen LogP contribution in [0.2, 0.25) is 0 Å². The van der Waals surface area contributed by atoms with Crippen LogP contribution in [0.5, 0.6) is 0 Å². The predicted octanol–water partition coefficient (Wildman–Crippen LogP) is 0.836. The van der Waals surface area contributed by atoms with E-state index in [0.717, 1.165) is 0 Å². The van der Waals surface area contributed by atoms with Crippen LogP contribution in [0.15, 0.2) is 0 Å². The minimum absolute atomic E-state index is 0.205. The summed E-state index contributed by atoms with van der Waals surface area (Å²) in [6.07, 6.45) is -0.747. The lowest BCUT2D eigenvalue weighted by Gasteiger charge is -2.11. The van der Waals surface area contributed by atoms with Crippen LogP contribution in [0.1, 0.15) is 12.8 Å². The van der Waals surface area contributed by atoms with E-state index >= 15 is 0 Å². The lowest BCUT2D eigenvalue weighted by molar-refractivity contribution is -0.144. The number of rotatable bonds is 1. The van der Waals surface area contributed by atoms with E-state index in [1.54, 1.807) is 0 Å². The predicted molar refractivity (Wildman–Crippen MR) is 36.1 cm³/mol. The van der Waals surface area contributed by atoms with Crippen LogP contribution in [0.4, 0.5) is 4.39 Å². The summed E-state index contributed by atoms with van der Waals surface area (Å²) in [7, 11) is 0. The number of carboxylic acid groups (broad SMARTS) is 1. The quantitative estimate of drug-likeness (QED) is 0.621. The van der Waals surface area contributed by atoms with E-state index in [4.69, 9.17) is 9.84 Å². The molecule has 1 fully saturated rings. The Balaban J connectivity index is 2.52. The molecule has 0 aromatic carbocycles. The van der Waals surface area contributed by atoms with Crippen molar-refractivity contribution in [2.24, 2.45) is 5.92 Å². The minimum Gasteiger partial charge on any atom is -0.481 e. The van der Waals surface area contributed by atoms with E-state index in [1.807, 2.05) is 0 Å². The largest absolute Gasteiger partial charge is 0.481 e. The Bertz CT molecular complexity index is 149. The van der Waals surface area contributed by atoms with Crippen molar-refractivity contribution >= 4 is 5.97 Å². The summed E-state index contributed by atoms with van der Waals surface area (Å²) >= 11 is 0. The summed E-state index contributed by atoms with van der Waals surface area (Å²) in [6.45, 7) is 0.697. The fourth-order valence-corrected chi connectivity index (χ4v) is 1.17. The second-order valence-electron chi connectivity index (χ2n) is 2.65. The molecule has 0 aromatic rings. The zero-order valence-electron chi connectivity index (χ0n) is 6.12. The molecule has 1 saturated heterocycles. The van der Waals surface area contributed by atoms with Crippen LogP contribution >= 0.6 is 0 Å². The van der Waals surface area contributed by atoms with Crippen molar-refractivity contribution in [1.29, 1.82) is 0 Å². The number of ether oxygens (including phenoxy) is 1. The molecule has 1 rings (SSSR count). The molecule has 1 aliphatic heterocycles. The third-order valence-corrected chi connectivity index (χ3v) is 1.86. The Morgan fingerprint density at radius 1 is 1.45 bits per heavy atom. The summed E-state index contributed by atoms with van der Waals surface area (Å²) in [5, 5.41) is 8.54. The Hall–Kier alpha value is -0.640. The topological polar surface area (TPSA) is 46.5 Å². The maximum absolute atomic E-state index is 12.9. The third-order valence-electron chi connectivity index (χ3n) is 1.86.